The molecule has 1 amide bonds. The number of benzene rings is 1. The first-order chi connectivity index (χ1) is 14.0. The molecule has 164 valence electrons. The van der Waals surface area contributed by atoms with Gasteiger partial charge in [0.1, 0.15) is 12.3 Å². The highest BCUT2D eigenvalue weighted by Gasteiger charge is 2.21. The lowest BCUT2D eigenvalue weighted by molar-refractivity contribution is -0.127. The van der Waals surface area contributed by atoms with Crippen LogP contribution < -0.4 is 10.2 Å². The highest BCUT2D eigenvalue weighted by Crippen LogP contribution is 2.26. The second-order valence-electron chi connectivity index (χ2n) is 7.11. The lowest BCUT2D eigenvalue weighted by Gasteiger charge is -2.38. The average molecular weight is 546 g/mol. The van der Waals surface area contributed by atoms with E-state index in [1.54, 1.807) is 25.3 Å². The molecule has 0 radical (unpaired) electrons. The number of nitrogens with one attached hydrogen (secondary N) is 1. The zero-order chi connectivity index (χ0) is 20.6. The minimum absolute atomic E-state index is 0. The summed E-state index contributed by atoms with van der Waals surface area (Å²) < 4.78 is 5.39. The van der Waals surface area contributed by atoms with Gasteiger partial charge in [0, 0.05) is 53.2 Å². The summed E-state index contributed by atoms with van der Waals surface area (Å²) in [5, 5.41) is 4.16. The fraction of sp³-hybridized carbons (Fsp3) is 0.429. The molecule has 1 N–H and O–H groups in total. The Labute approximate surface area is 200 Å². The Morgan fingerprint density at radius 1 is 1.17 bits per heavy atom. The van der Waals surface area contributed by atoms with E-state index in [0.29, 0.717) is 6.54 Å². The molecule has 1 saturated heterocycles. The third-order valence-corrected chi connectivity index (χ3v) is 5.19. The smallest absolute Gasteiger partial charge is 0.243 e. The van der Waals surface area contributed by atoms with E-state index >= 15 is 0 Å². The summed E-state index contributed by atoms with van der Waals surface area (Å²) in [5.41, 5.74) is 1.06. The van der Waals surface area contributed by atoms with E-state index in [-0.39, 0.29) is 36.4 Å². The van der Waals surface area contributed by atoms with Crippen molar-refractivity contribution in [3.8, 4) is 0 Å². The van der Waals surface area contributed by atoms with Crippen molar-refractivity contribution >= 4 is 53.1 Å². The molecule has 30 heavy (non-hydrogen) atoms. The standard InChI is InChI=1S/C21H28ClN5O2.HI/c1-25(2)20(28)16-24-21(23-10-9-17-6-5-15-29-17)27-13-11-26(12-14-27)19-8-4-3-7-18(19)22;/h3-8,15H,9-14,16H2,1-2H3,(H,23,24);1H. The summed E-state index contributed by atoms with van der Waals surface area (Å²) in [4.78, 5) is 22.6. The van der Waals surface area contributed by atoms with Gasteiger partial charge < -0.3 is 24.4 Å². The van der Waals surface area contributed by atoms with E-state index in [1.165, 1.54) is 0 Å². The van der Waals surface area contributed by atoms with Crippen LogP contribution in [-0.4, -0.2) is 75.0 Å². The van der Waals surface area contributed by atoms with Gasteiger partial charge in [0.05, 0.1) is 17.0 Å². The number of nitrogens with zero attached hydrogens (tertiary/aromatic N) is 4. The fourth-order valence-corrected chi connectivity index (χ4v) is 3.43. The Kier molecular flexibility index (Phi) is 9.77. The Bertz CT molecular complexity index is 821. The van der Waals surface area contributed by atoms with Gasteiger partial charge in [-0.3, -0.25) is 4.79 Å². The molecule has 0 unspecified atom stereocenters. The van der Waals surface area contributed by atoms with Crippen LogP contribution in [0.4, 0.5) is 5.69 Å². The number of hydrogen-bond donors (Lipinski definition) is 1. The normalized spacial score (nSPS) is 14.3. The van der Waals surface area contributed by atoms with Gasteiger partial charge in [-0.25, -0.2) is 4.99 Å². The van der Waals surface area contributed by atoms with E-state index in [9.17, 15) is 4.79 Å². The van der Waals surface area contributed by atoms with E-state index < -0.39 is 0 Å². The molecule has 1 aliphatic heterocycles. The zero-order valence-electron chi connectivity index (χ0n) is 17.4. The molecule has 1 aliphatic rings. The number of carbonyl (C=O) groups is 1. The third-order valence-electron chi connectivity index (χ3n) is 4.87. The van der Waals surface area contributed by atoms with Gasteiger partial charge in [0.2, 0.25) is 5.91 Å². The first-order valence-corrected chi connectivity index (χ1v) is 10.2. The highest BCUT2D eigenvalue weighted by molar-refractivity contribution is 14.0. The van der Waals surface area contributed by atoms with Crippen LogP contribution in [0.5, 0.6) is 0 Å². The lowest BCUT2D eigenvalue weighted by Crippen LogP contribution is -2.53. The third kappa shape index (κ3) is 6.80. The van der Waals surface area contributed by atoms with Crippen molar-refractivity contribution in [3.05, 3.63) is 53.4 Å². The Morgan fingerprint density at radius 3 is 2.53 bits per heavy atom. The number of furan rings is 1. The number of guanidine groups is 1. The molecular formula is C21H29ClIN5O2. The number of aliphatic imine (C=N–C) groups is 1. The maximum Gasteiger partial charge on any atom is 0.243 e. The summed E-state index contributed by atoms with van der Waals surface area (Å²) in [7, 11) is 3.48. The van der Waals surface area contributed by atoms with E-state index in [0.717, 1.165) is 55.0 Å². The Hall–Kier alpha value is -1.94. The molecule has 9 heteroatoms. The van der Waals surface area contributed by atoms with Gasteiger partial charge in [-0.2, -0.15) is 0 Å². The van der Waals surface area contributed by atoms with Crippen molar-refractivity contribution < 1.29 is 9.21 Å². The number of carbonyl (C=O) groups excluding carboxylic acids is 1. The van der Waals surface area contributed by atoms with Crippen molar-refractivity contribution in [1.82, 2.24) is 15.1 Å². The molecule has 7 nitrogen and oxygen atoms in total. The molecular weight excluding hydrogens is 517 g/mol. The quantitative estimate of drug-likeness (QED) is 0.344. The molecule has 1 aromatic heterocycles. The van der Waals surface area contributed by atoms with Gasteiger partial charge in [0.25, 0.3) is 0 Å². The summed E-state index contributed by atoms with van der Waals surface area (Å²) in [6.45, 7) is 4.09. The average Bonchev–Trinajstić information content (AvgIpc) is 3.24. The van der Waals surface area contributed by atoms with Gasteiger partial charge in [-0.05, 0) is 24.3 Å². The molecule has 0 aliphatic carbocycles. The summed E-state index contributed by atoms with van der Waals surface area (Å²) in [6, 6.07) is 11.7. The first kappa shape index (κ1) is 24.3. The van der Waals surface area contributed by atoms with Crippen LogP contribution in [-0.2, 0) is 11.2 Å². The van der Waals surface area contributed by atoms with Crippen molar-refractivity contribution in [2.45, 2.75) is 6.42 Å². The molecule has 2 aromatic rings. The molecule has 2 heterocycles. The van der Waals surface area contributed by atoms with Gasteiger partial charge in [0.15, 0.2) is 5.96 Å². The number of halogens is 2. The van der Waals surface area contributed by atoms with Crippen molar-refractivity contribution in [2.24, 2.45) is 4.99 Å². The van der Waals surface area contributed by atoms with E-state index in [4.69, 9.17) is 16.0 Å². The lowest BCUT2D eigenvalue weighted by atomic mass is 10.2. The largest absolute Gasteiger partial charge is 0.469 e. The number of rotatable bonds is 6. The van der Waals surface area contributed by atoms with Crippen LogP contribution in [0.25, 0.3) is 0 Å². The number of para-hydroxylation sites is 1. The molecule has 0 spiro atoms. The number of likely N-dealkylation sites (N-methyl/N-ethyl adjacent to an activating group) is 1. The van der Waals surface area contributed by atoms with E-state index in [2.05, 4.69) is 20.1 Å². The highest BCUT2D eigenvalue weighted by atomic mass is 127. The molecule has 1 fully saturated rings. The second kappa shape index (κ2) is 12.0. The van der Waals surface area contributed by atoms with E-state index in [1.807, 2.05) is 36.4 Å². The number of anilines is 1. The van der Waals surface area contributed by atoms with Crippen molar-refractivity contribution in [2.75, 3.05) is 58.3 Å². The number of hydrogen-bond acceptors (Lipinski definition) is 4. The van der Waals surface area contributed by atoms with Gasteiger partial charge in [-0.1, -0.05) is 23.7 Å². The summed E-state index contributed by atoms with van der Waals surface area (Å²) in [5.74, 6) is 1.65. The monoisotopic (exact) mass is 545 g/mol. The molecule has 0 saturated carbocycles. The van der Waals surface area contributed by atoms with Crippen LogP contribution in [0.3, 0.4) is 0 Å². The Balaban J connectivity index is 0.00000320. The predicted octanol–water partition coefficient (Wildman–Crippen LogP) is 2.95. The molecule has 0 atom stereocenters. The van der Waals surface area contributed by atoms with Crippen LogP contribution in [0, 0.1) is 0 Å². The Morgan fingerprint density at radius 2 is 1.90 bits per heavy atom. The topological polar surface area (TPSA) is 64.3 Å². The van der Waals surface area contributed by atoms with Gasteiger partial charge in [-0.15, -0.1) is 24.0 Å². The first-order valence-electron chi connectivity index (χ1n) is 9.80. The fourth-order valence-electron chi connectivity index (χ4n) is 3.17. The molecule has 3 rings (SSSR count). The van der Waals surface area contributed by atoms with Crippen molar-refractivity contribution in [3.63, 3.8) is 0 Å². The minimum Gasteiger partial charge on any atom is -0.469 e. The maximum atomic E-state index is 12.0. The van der Waals surface area contributed by atoms with Crippen LogP contribution in [0.2, 0.25) is 5.02 Å². The van der Waals surface area contributed by atoms with Crippen LogP contribution >= 0.6 is 35.6 Å². The SMILES string of the molecule is CN(C)C(=O)CN=C(NCCc1ccco1)N1CCN(c2ccccc2Cl)CC1.I. The number of amides is 1. The summed E-state index contributed by atoms with van der Waals surface area (Å²) in [6.07, 6.45) is 2.43. The minimum atomic E-state index is -0.0231. The van der Waals surface area contributed by atoms with Gasteiger partial charge >= 0.3 is 0 Å². The maximum absolute atomic E-state index is 12.0. The summed E-state index contributed by atoms with van der Waals surface area (Å²) >= 11 is 6.35. The second-order valence-corrected chi connectivity index (χ2v) is 7.52. The number of piperazine rings is 1. The van der Waals surface area contributed by atoms with Crippen molar-refractivity contribution in [1.29, 1.82) is 0 Å². The van der Waals surface area contributed by atoms with Crippen LogP contribution in [0.15, 0.2) is 52.1 Å². The zero-order valence-corrected chi connectivity index (χ0v) is 20.5. The van der Waals surface area contributed by atoms with Crippen LogP contribution in [0.1, 0.15) is 5.76 Å². The molecule has 0 bridgehead atoms. The molecule has 1 aromatic carbocycles. The predicted molar refractivity (Wildman–Crippen MR) is 132 cm³/mol.